The van der Waals surface area contributed by atoms with E-state index in [4.69, 9.17) is 22.6 Å². The Labute approximate surface area is 171 Å². The summed E-state index contributed by atoms with van der Waals surface area (Å²) in [5.41, 5.74) is 1.38. The summed E-state index contributed by atoms with van der Waals surface area (Å²) < 4.78 is 29.9. The summed E-state index contributed by atoms with van der Waals surface area (Å²) in [6.07, 6.45) is 0.968. The maximum Gasteiger partial charge on any atom is 0.333 e. The van der Waals surface area contributed by atoms with Crippen LogP contribution in [0, 0.1) is 10.8 Å². The first-order chi connectivity index (χ1) is 13.3. The van der Waals surface area contributed by atoms with Gasteiger partial charge in [0.2, 0.25) is 8.38 Å². The molecular weight excluding hydrogens is 396 g/mol. The molecule has 6 nitrogen and oxygen atoms in total. The van der Waals surface area contributed by atoms with Crippen molar-refractivity contribution in [3.05, 3.63) is 35.9 Å². The Balaban J connectivity index is 1.50. The lowest BCUT2D eigenvalue weighted by atomic mass is 9.97. The van der Waals surface area contributed by atoms with E-state index in [9.17, 15) is 0 Å². The Morgan fingerprint density at radius 3 is 2.11 bits per heavy atom. The highest BCUT2D eigenvalue weighted by Gasteiger charge is 2.38. The van der Waals surface area contributed by atoms with Crippen molar-refractivity contribution in [1.82, 2.24) is 5.32 Å². The van der Waals surface area contributed by atoms with Crippen LogP contribution in [-0.2, 0) is 29.0 Å². The van der Waals surface area contributed by atoms with Gasteiger partial charge in [-0.25, -0.2) is 0 Å². The van der Waals surface area contributed by atoms with Crippen molar-refractivity contribution in [3.63, 3.8) is 0 Å². The SMILES string of the molecule is CC1(C)COP(OC(CNCCc2ccccc2)P2OCC(C)(C)CO2)OC1. The lowest BCUT2D eigenvalue weighted by Crippen LogP contribution is -2.36. The van der Waals surface area contributed by atoms with E-state index in [-0.39, 0.29) is 16.7 Å². The van der Waals surface area contributed by atoms with E-state index in [1.807, 2.05) is 6.07 Å². The molecule has 2 aliphatic heterocycles. The summed E-state index contributed by atoms with van der Waals surface area (Å²) in [6.45, 7) is 12.7. The summed E-state index contributed by atoms with van der Waals surface area (Å²) in [6, 6.07) is 10.5. The first-order valence-corrected chi connectivity index (χ1v) is 12.2. The van der Waals surface area contributed by atoms with Gasteiger partial charge < -0.3 is 23.4 Å². The zero-order valence-corrected chi connectivity index (χ0v) is 19.1. The molecule has 0 radical (unpaired) electrons. The fourth-order valence-electron chi connectivity index (χ4n) is 2.67. The molecule has 158 valence electrons. The van der Waals surface area contributed by atoms with Crippen molar-refractivity contribution in [2.45, 2.75) is 40.0 Å². The molecule has 2 aliphatic rings. The summed E-state index contributed by atoms with van der Waals surface area (Å²) in [5.74, 6) is -0.214. The van der Waals surface area contributed by atoms with Crippen molar-refractivity contribution < 1.29 is 22.6 Å². The highest BCUT2D eigenvalue weighted by atomic mass is 31.2. The maximum atomic E-state index is 6.18. The lowest BCUT2D eigenvalue weighted by Gasteiger charge is -2.39. The van der Waals surface area contributed by atoms with Crippen LogP contribution in [0.2, 0.25) is 0 Å². The summed E-state index contributed by atoms with van der Waals surface area (Å²) in [5, 5.41) is 3.49. The third-order valence-electron chi connectivity index (χ3n) is 4.48. The molecule has 0 amide bonds. The number of hydrogen-bond donors (Lipinski definition) is 1. The predicted octanol–water partition coefficient (Wildman–Crippen LogP) is 4.85. The van der Waals surface area contributed by atoms with Gasteiger partial charge >= 0.3 is 8.60 Å². The molecular formula is C20H33NO5P2. The Kier molecular flexibility index (Phi) is 8.23. The van der Waals surface area contributed by atoms with E-state index in [0.29, 0.717) is 33.0 Å². The van der Waals surface area contributed by atoms with E-state index in [2.05, 4.69) is 57.3 Å². The zero-order chi connectivity index (χ0) is 20.0. The van der Waals surface area contributed by atoms with Gasteiger partial charge in [-0.15, -0.1) is 0 Å². The van der Waals surface area contributed by atoms with E-state index >= 15 is 0 Å². The largest absolute Gasteiger partial charge is 0.333 e. The number of hydrogen-bond acceptors (Lipinski definition) is 6. The van der Waals surface area contributed by atoms with Gasteiger partial charge in [-0.2, -0.15) is 0 Å². The molecule has 0 bridgehead atoms. The molecule has 3 rings (SSSR count). The first kappa shape index (κ1) is 22.5. The van der Waals surface area contributed by atoms with Crippen LogP contribution in [0.25, 0.3) is 0 Å². The minimum atomic E-state index is -1.37. The van der Waals surface area contributed by atoms with Crippen LogP contribution in [0.15, 0.2) is 30.3 Å². The van der Waals surface area contributed by atoms with Crippen molar-refractivity contribution in [2.24, 2.45) is 10.8 Å². The Morgan fingerprint density at radius 2 is 1.50 bits per heavy atom. The average Bonchev–Trinajstić information content (AvgIpc) is 2.67. The van der Waals surface area contributed by atoms with Crippen LogP contribution in [0.4, 0.5) is 0 Å². The molecule has 1 aromatic rings. The molecule has 8 heteroatoms. The molecule has 0 aliphatic carbocycles. The van der Waals surface area contributed by atoms with Gasteiger partial charge in [-0.3, -0.25) is 4.52 Å². The minimum absolute atomic E-state index is 0.0266. The van der Waals surface area contributed by atoms with Crippen LogP contribution in [0.3, 0.4) is 0 Å². The standard InChI is InChI=1S/C20H33NO5P2/c1-19(2)13-22-27(23-14-19)18(26-28-24-15-20(3,4)16-25-28)12-21-11-10-17-8-6-5-7-9-17/h5-9,18,21H,10-16H2,1-4H3. The van der Waals surface area contributed by atoms with Gasteiger partial charge in [0, 0.05) is 17.4 Å². The van der Waals surface area contributed by atoms with Crippen LogP contribution >= 0.6 is 17.0 Å². The van der Waals surface area contributed by atoms with Crippen molar-refractivity contribution in [3.8, 4) is 0 Å². The summed E-state index contributed by atoms with van der Waals surface area (Å²) >= 11 is 0. The van der Waals surface area contributed by atoms with E-state index < -0.39 is 17.0 Å². The monoisotopic (exact) mass is 429 g/mol. The zero-order valence-electron chi connectivity index (χ0n) is 17.3. The second-order valence-corrected chi connectivity index (χ2v) is 11.8. The smallest absolute Gasteiger partial charge is 0.332 e. The van der Waals surface area contributed by atoms with Gasteiger partial charge in [0.25, 0.3) is 0 Å². The second-order valence-electron chi connectivity index (χ2n) is 8.93. The van der Waals surface area contributed by atoms with E-state index in [1.165, 1.54) is 5.56 Å². The molecule has 1 unspecified atom stereocenters. The highest BCUT2D eigenvalue weighted by molar-refractivity contribution is 7.49. The molecule has 28 heavy (non-hydrogen) atoms. The molecule has 1 atom stereocenters. The Hall–Kier alpha value is -0.160. The lowest BCUT2D eigenvalue weighted by molar-refractivity contribution is 0.0138. The predicted molar refractivity (Wildman–Crippen MR) is 113 cm³/mol. The van der Waals surface area contributed by atoms with E-state index in [1.54, 1.807) is 0 Å². The van der Waals surface area contributed by atoms with Crippen molar-refractivity contribution in [2.75, 3.05) is 39.5 Å². The molecule has 0 saturated carbocycles. The molecule has 2 heterocycles. The molecule has 0 spiro atoms. The molecule has 1 aromatic carbocycles. The molecule has 2 saturated heterocycles. The second kappa shape index (κ2) is 10.2. The molecule has 0 aromatic heterocycles. The van der Waals surface area contributed by atoms with Crippen LogP contribution in [-0.4, -0.2) is 45.4 Å². The molecule has 2 fully saturated rings. The van der Waals surface area contributed by atoms with Gasteiger partial charge in [-0.05, 0) is 18.5 Å². The van der Waals surface area contributed by atoms with Gasteiger partial charge in [0.1, 0.15) is 5.85 Å². The Morgan fingerprint density at radius 1 is 0.929 bits per heavy atom. The molecule has 1 N–H and O–H groups in total. The van der Waals surface area contributed by atoms with Gasteiger partial charge in [0.15, 0.2) is 0 Å². The number of rotatable bonds is 8. The first-order valence-electron chi connectivity index (χ1n) is 9.86. The topological polar surface area (TPSA) is 58.2 Å². The average molecular weight is 429 g/mol. The fraction of sp³-hybridized carbons (Fsp3) is 0.700. The summed E-state index contributed by atoms with van der Waals surface area (Å²) in [4.78, 5) is 0. The highest BCUT2D eigenvalue weighted by Crippen LogP contribution is 2.56. The van der Waals surface area contributed by atoms with Crippen LogP contribution in [0.5, 0.6) is 0 Å². The van der Waals surface area contributed by atoms with Gasteiger partial charge in [-0.1, -0.05) is 58.0 Å². The third kappa shape index (κ3) is 7.27. The van der Waals surface area contributed by atoms with Crippen molar-refractivity contribution in [1.29, 1.82) is 0 Å². The Bertz CT molecular complexity index is 582. The maximum absolute atomic E-state index is 6.18. The summed E-state index contributed by atoms with van der Waals surface area (Å²) in [7, 11) is -2.51. The quantitative estimate of drug-likeness (QED) is 0.471. The van der Waals surface area contributed by atoms with Crippen molar-refractivity contribution >= 4 is 17.0 Å². The fourth-order valence-corrected chi connectivity index (χ4v) is 6.23. The van der Waals surface area contributed by atoms with E-state index in [0.717, 1.165) is 13.0 Å². The normalized spacial score (nSPS) is 24.1. The van der Waals surface area contributed by atoms with Gasteiger partial charge in [0.05, 0.1) is 26.4 Å². The number of nitrogens with one attached hydrogen (secondary N) is 1. The third-order valence-corrected chi connectivity index (χ3v) is 7.28. The van der Waals surface area contributed by atoms with Crippen LogP contribution in [0.1, 0.15) is 33.3 Å². The minimum Gasteiger partial charge on any atom is -0.332 e. The van der Waals surface area contributed by atoms with Crippen LogP contribution < -0.4 is 5.32 Å². The number of benzene rings is 1.